The lowest BCUT2D eigenvalue weighted by Crippen LogP contribution is -2.31. The molecule has 1 saturated heterocycles. The van der Waals surface area contributed by atoms with Crippen molar-refractivity contribution in [2.75, 3.05) is 32.5 Å². The van der Waals surface area contributed by atoms with E-state index < -0.39 is 5.92 Å². The van der Waals surface area contributed by atoms with Crippen molar-refractivity contribution in [3.8, 4) is 6.07 Å². The Labute approximate surface area is 159 Å². The van der Waals surface area contributed by atoms with Crippen molar-refractivity contribution >= 4 is 11.6 Å². The normalized spacial score (nSPS) is 21.9. The molecule has 0 bridgehead atoms. The summed E-state index contributed by atoms with van der Waals surface area (Å²) in [6.45, 7) is 3.05. The number of nitrogens with one attached hydrogen (secondary N) is 1. The summed E-state index contributed by atoms with van der Waals surface area (Å²) < 4.78 is 0. The number of pyridine rings is 1. The van der Waals surface area contributed by atoms with Gasteiger partial charge in [0.2, 0.25) is 5.91 Å². The monoisotopic (exact) mass is 361 g/mol. The second-order valence-corrected chi connectivity index (χ2v) is 7.57. The molecule has 27 heavy (non-hydrogen) atoms. The number of likely N-dealkylation sites (tertiary alicyclic amines) is 1. The first-order valence-corrected chi connectivity index (χ1v) is 9.23. The van der Waals surface area contributed by atoms with E-state index in [0.29, 0.717) is 11.6 Å². The second kappa shape index (κ2) is 7.10. The van der Waals surface area contributed by atoms with Gasteiger partial charge in [-0.15, -0.1) is 0 Å². The maximum atomic E-state index is 12.4. The third-order valence-corrected chi connectivity index (χ3v) is 5.54. The molecule has 1 fully saturated rings. The first-order chi connectivity index (χ1) is 13.0. The van der Waals surface area contributed by atoms with Gasteiger partial charge in [-0.3, -0.25) is 14.7 Å². The maximum absolute atomic E-state index is 12.4. The number of likely N-dealkylation sites (N-methyl/N-ethyl adjacent to an activating group) is 1. The standard InChI is InChI=1S/C21H23N5O/c1-25(2)16-7-8-26(13-16)12-15-4-6-19(23-11-15)20-17-9-14(10-22)3-5-18(17)24-21(20)27/h3-6,9,11,16,20H,7-8,12-13H2,1-2H3,(H,24,27). The summed E-state index contributed by atoms with van der Waals surface area (Å²) >= 11 is 0. The van der Waals surface area contributed by atoms with Gasteiger partial charge in [0.05, 0.1) is 17.3 Å². The van der Waals surface area contributed by atoms with Crippen LogP contribution in [0.1, 0.15) is 34.7 Å². The van der Waals surface area contributed by atoms with Gasteiger partial charge in [0.15, 0.2) is 0 Å². The molecule has 0 saturated carbocycles. The molecular weight excluding hydrogens is 338 g/mol. The summed E-state index contributed by atoms with van der Waals surface area (Å²) in [6.07, 6.45) is 3.07. The van der Waals surface area contributed by atoms with Crippen molar-refractivity contribution in [3.05, 3.63) is 58.9 Å². The van der Waals surface area contributed by atoms with Crippen LogP contribution >= 0.6 is 0 Å². The molecule has 138 valence electrons. The number of benzene rings is 1. The van der Waals surface area contributed by atoms with Crippen LogP contribution in [0.2, 0.25) is 0 Å². The number of carbonyl (C=O) groups excluding carboxylic acids is 1. The van der Waals surface area contributed by atoms with Crippen molar-refractivity contribution in [2.24, 2.45) is 0 Å². The predicted octanol–water partition coefficient (Wildman–Crippen LogP) is 2.17. The van der Waals surface area contributed by atoms with Crippen LogP contribution in [0.4, 0.5) is 5.69 Å². The summed E-state index contributed by atoms with van der Waals surface area (Å²) in [5, 5.41) is 12.0. The molecule has 4 rings (SSSR count). The average molecular weight is 361 g/mol. The highest BCUT2D eigenvalue weighted by atomic mass is 16.2. The molecular formula is C21H23N5O. The number of nitrogens with zero attached hydrogens (tertiary/aromatic N) is 4. The van der Waals surface area contributed by atoms with E-state index >= 15 is 0 Å². The Bertz CT molecular complexity index is 900. The van der Waals surface area contributed by atoms with E-state index in [9.17, 15) is 4.79 Å². The molecule has 2 aliphatic rings. The quantitative estimate of drug-likeness (QED) is 0.904. The molecule has 3 heterocycles. The van der Waals surface area contributed by atoms with Crippen LogP contribution in [0.25, 0.3) is 0 Å². The number of rotatable bonds is 4. The van der Waals surface area contributed by atoms with Crippen LogP contribution in [0.3, 0.4) is 0 Å². The maximum Gasteiger partial charge on any atom is 0.238 e. The third-order valence-electron chi connectivity index (χ3n) is 5.54. The van der Waals surface area contributed by atoms with Gasteiger partial charge in [-0.25, -0.2) is 0 Å². The van der Waals surface area contributed by atoms with Gasteiger partial charge in [-0.1, -0.05) is 6.07 Å². The molecule has 2 atom stereocenters. The summed E-state index contributed by atoms with van der Waals surface area (Å²) in [5.74, 6) is -0.541. The van der Waals surface area contributed by atoms with Crippen LogP contribution in [-0.4, -0.2) is 53.9 Å². The van der Waals surface area contributed by atoms with Crippen molar-refractivity contribution in [1.29, 1.82) is 5.26 Å². The molecule has 1 N–H and O–H groups in total. The molecule has 1 aromatic heterocycles. The van der Waals surface area contributed by atoms with Crippen molar-refractivity contribution in [3.63, 3.8) is 0 Å². The van der Waals surface area contributed by atoms with Crippen molar-refractivity contribution in [2.45, 2.75) is 24.9 Å². The van der Waals surface area contributed by atoms with Crippen LogP contribution in [-0.2, 0) is 11.3 Å². The summed E-state index contributed by atoms with van der Waals surface area (Å²) in [4.78, 5) is 21.8. The van der Waals surface area contributed by atoms with Crippen LogP contribution < -0.4 is 5.32 Å². The van der Waals surface area contributed by atoms with E-state index in [1.165, 1.54) is 6.42 Å². The number of nitriles is 1. The van der Waals surface area contributed by atoms with Crippen molar-refractivity contribution in [1.82, 2.24) is 14.8 Å². The van der Waals surface area contributed by atoms with Gasteiger partial charge in [-0.2, -0.15) is 5.26 Å². The van der Waals surface area contributed by atoms with Gasteiger partial charge in [0, 0.05) is 37.6 Å². The summed E-state index contributed by atoms with van der Waals surface area (Å²) in [7, 11) is 4.26. The number of hydrogen-bond acceptors (Lipinski definition) is 5. The Morgan fingerprint density at radius 2 is 2.19 bits per heavy atom. The minimum Gasteiger partial charge on any atom is -0.325 e. The fraction of sp³-hybridized carbons (Fsp3) is 0.381. The van der Waals surface area contributed by atoms with Gasteiger partial charge in [-0.05, 0) is 55.9 Å². The fourth-order valence-corrected chi connectivity index (χ4v) is 3.96. The number of carbonyl (C=O) groups is 1. The minimum atomic E-state index is -0.452. The highest BCUT2D eigenvalue weighted by Gasteiger charge is 2.33. The van der Waals surface area contributed by atoms with E-state index in [1.807, 2.05) is 12.3 Å². The van der Waals surface area contributed by atoms with E-state index in [4.69, 9.17) is 5.26 Å². The molecule has 6 heteroatoms. The zero-order valence-corrected chi connectivity index (χ0v) is 15.6. The minimum absolute atomic E-state index is 0.0892. The fourth-order valence-electron chi connectivity index (χ4n) is 3.96. The predicted molar refractivity (Wildman–Crippen MR) is 103 cm³/mol. The van der Waals surface area contributed by atoms with Crippen molar-refractivity contribution < 1.29 is 4.79 Å². The smallest absolute Gasteiger partial charge is 0.238 e. The summed E-state index contributed by atoms with van der Waals surface area (Å²) in [5.41, 5.74) is 4.02. The van der Waals surface area contributed by atoms with Crippen LogP contribution in [0.5, 0.6) is 0 Å². The van der Waals surface area contributed by atoms with E-state index in [1.54, 1.807) is 18.2 Å². The Balaban J connectivity index is 1.50. The van der Waals surface area contributed by atoms with Gasteiger partial charge in [0.25, 0.3) is 0 Å². The average Bonchev–Trinajstić information content (AvgIpc) is 3.25. The van der Waals surface area contributed by atoms with Gasteiger partial charge < -0.3 is 10.2 Å². The molecule has 1 amide bonds. The largest absolute Gasteiger partial charge is 0.325 e. The van der Waals surface area contributed by atoms with E-state index in [2.05, 4.69) is 46.3 Å². The Hall–Kier alpha value is -2.75. The zero-order chi connectivity index (χ0) is 19.0. The molecule has 1 aromatic carbocycles. The lowest BCUT2D eigenvalue weighted by molar-refractivity contribution is -0.116. The molecule has 2 unspecified atom stereocenters. The Morgan fingerprint density at radius 3 is 2.85 bits per heavy atom. The third kappa shape index (κ3) is 3.44. The number of aromatic nitrogens is 1. The van der Waals surface area contributed by atoms with Crippen LogP contribution in [0.15, 0.2) is 36.5 Å². The first kappa shape index (κ1) is 17.7. The number of fused-ring (bicyclic) bond motifs is 1. The van der Waals surface area contributed by atoms with Gasteiger partial charge in [0.1, 0.15) is 5.92 Å². The lowest BCUT2D eigenvalue weighted by Gasteiger charge is -2.20. The number of hydrogen-bond donors (Lipinski definition) is 1. The van der Waals surface area contributed by atoms with Crippen LogP contribution in [0, 0.1) is 11.3 Å². The van der Waals surface area contributed by atoms with E-state index in [0.717, 1.165) is 42.1 Å². The highest BCUT2D eigenvalue weighted by molar-refractivity contribution is 6.04. The molecule has 0 radical (unpaired) electrons. The molecule has 2 aromatic rings. The molecule has 6 nitrogen and oxygen atoms in total. The number of amides is 1. The molecule has 2 aliphatic heterocycles. The Morgan fingerprint density at radius 1 is 1.33 bits per heavy atom. The van der Waals surface area contributed by atoms with E-state index in [-0.39, 0.29) is 5.91 Å². The molecule has 0 aliphatic carbocycles. The topological polar surface area (TPSA) is 72.3 Å². The highest BCUT2D eigenvalue weighted by Crippen LogP contribution is 2.36. The molecule has 0 spiro atoms. The second-order valence-electron chi connectivity index (χ2n) is 7.57. The number of anilines is 1. The first-order valence-electron chi connectivity index (χ1n) is 9.23. The SMILES string of the molecule is CN(C)C1CCN(Cc2ccc(C3C(=O)Nc4ccc(C#N)cc43)nc2)C1. The Kier molecular flexibility index (Phi) is 4.65. The summed E-state index contributed by atoms with van der Waals surface area (Å²) in [6, 6.07) is 12.0. The lowest BCUT2D eigenvalue weighted by atomic mass is 9.95. The zero-order valence-electron chi connectivity index (χ0n) is 15.6. The van der Waals surface area contributed by atoms with Gasteiger partial charge >= 0.3 is 0 Å².